The van der Waals surface area contributed by atoms with Gasteiger partial charge in [-0.2, -0.15) is 0 Å². The molecule has 1 amide bonds. The van der Waals surface area contributed by atoms with Crippen molar-refractivity contribution in [2.75, 3.05) is 13.1 Å². The molecule has 5 heteroatoms. The average molecular weight is 319 g/mol. The van der Waals surface area contributed by atoms with Gasteiger partial charge in [0.25, 0.3) is 5.91 Å². The molecule has 1 aliphatic rings. The van der Waals surface area contributed by atoms with Gasteiger partial charge in [0.1, 0.15) is 5.56 Å². The Bertz CT molecular complexity index is 830. The minimum Gasteiger partial charge on any atom is -0.355 e. The molecule has 120 valence electrons. The molecule has 2 aromatic heterocycles. The fourth-order valence-corrected chi connectivity index (χ4v) is 3.19. The zero-order chi connectivity index (χ0) is 16.4. The van der Waals surface area contributed by atoms with Gasteiger partial charge in [-0.3, -0.25) is 9.78 Å². The molecular weight excluding hydrogens is 302 g/mol. The number of hydrogen-bond acceptors (Lipinski definition) is 4. The van der Waals surface area contributed by atoms with E-state index in [1.165, 1.54) is 11.8 Å². The van der Waals surface area contributed by atoms with Crippen molar-refractivity contribution in [1.29, 1.82) is 0 Å². The highest BCUT2D eigenvalue weighted by Gasteiger charge is 2.30. The van der Waals surface area contributed by atoms with Gasteiger partial charge < -0.3 is 9.42 Å². The summed E-state index contributed by atoms with van der Waals surface area (Å²) in [6.07, 6.45) is 6.11. The molecule has 0 aliphatic carbocycles. The number of carbonyl (C=O) groups excluding carboxylic acids is 1. The quantitative estimate of drug-likeness (QED) is 0.742. The number of hydrogen-bond donors (Lipinski definition) is 0. The molecule has 0 saturated carbocycles. The lowest BCUT2D eigenvalue weighted by molar-refractivity contribution is 0.0791. The van der Waals surface area contributed by atoms with Crippen LogP contribution in [-0.2, 0) is 0 Å². The van der Waals surface area contributed by atoms with Crippen LogP contribution in [0.2, 0.25) is 0 Å². The molecule has 1 atom stereocenters. The highest BCUT2D eigenvalue weighted by molar-refractivity contribution is 5.99. The summed E-state index contributed by atoms with van der Waals surface area (Å²) in [4.78, 5) is 18.9. The van der Waals surface area contributed by atoms with Gasteiger partial charge in [0.05, 0.1) is 6.20 Å². The zero-order valence-electron chi connectivity index (χ0n) is 13.1. The number of aromatic nitrogens is 2. The molecular formula is C19H17N3O2. The van der Waals surface area contributed by atoms with Gasteiger partial charge in [-0.1, -0.05) is 41.6 Å². The molecule has 3 heterocycles. The van der Waals surface area contributed by atoms with Crippen molar-refractivity contribution < 1.29 is 9.32 Å². The molecule has 0 radical (unpaired) electrons. The summed E-state index contributed by atoms with van der Waals surface area (Å²) >= 11 is 0. The first-order valence-corrected chi connectivity index (χ1v) is 8.02. The van der Waals surface area contributed by atoms with E-state index in [1.807, 2.05) is 47.5 Å². The molecule has 3 aromatic rings. The Balaban J connectivity index is 1.55. The van der Waals surface area contributed by atoms with Gasteiger partial charge >= 0.3 is 0 Å². The van der Waals surface area contributed by atoms with Gasteiger partial charge in [0.15, 0.2) is 5.76 Å². The Kier molecular flexibility index (Phi) is 3.83. The predicted octanol–water partition coefficient (Wildman–Crippen LogP) is 3.37. The lowest BCUT2D eigenvalue weighted by Crippen LogP contribution is -2.28. The summed E-state index contributed by atoms with van der Waals surface area (Å²) in [5, 5.41) is 3.84. The molecule has 0 spiro atoms. The average Bonchev–Trinajstić information content (AvgIpc) is 3.32. The van der Waals surface area contributed by atoms with E-state index in [1.54, 1.807) is 6.20 Å². The normalized spacial score (nSPS) is 17.2. The van der Waals surface area contributed by atoms with Crippen molar-refractivity contribution in [3.05, 3.63) is 72.2 Å². The highest BCUT2D eigenvalue weighted by atomic mass is 16.5. The molecule has 24 heavy (non-hydrogen) atoms. The second-order valence-electron chi connectivity index (χ2n) is 5.96. The lowest BCUT2D eigenvalue weighted by atomic mass is 10.0. The Morgan fingerprint density at radius 1 is 1.12 bits per heavy atom. The van der Waals surface area contributed by atoms with E-state index in [2.05, 4.69) is 16.2 Å². The molecule has 1 aliphatic heterocycles. The van der Waals surface area contributed by atoms with Crippen LogP contribution in [0.4, 0.5) is 0 Å². The van der Waals surface area contributed by atoms with E-state index >= 15 is 0 Å². The molecule has 1 fully saturated rings. The second-order valence-corrected chi connectivity index (χ2v) is 5.96. The summed E-state index contributed by atoms with van der Waals surface area (Å²) in [6.45, 7) is 1.43. The Hall–Kier alpha value is -2.95. The van der Waals surface area contributed by atoms with Crippen LogP contribution in [-0.4, -0.2) is 34.0 Å². The standard InChI is InChI=1S/C19H17N3O2/c23-19(17-12-21-24-18(17)14-5-2-1-3-6-14)22-10-8-16(13-22)15-7-4-9-20-11-15/h1-7,9,11-12,16H,8,10,13H2/t16-/m1/s1. The SMILES string of the molecule is O=C(c1cnoc1-c1ccccc1)N1CC[C@@H](c2cccnc2)C1. The largest absolute Gasteiger partial charge is 0.355 e. The van der Waals surface area contributed by atoms with Gasteiger partial charge in [0.2, 0.25) is 0 Å². The highest BCUT2D eigenvalue weighted by Crippen LogP contribution is 2.30. The Labute approximate surface area is 139 Å². The minimum absolute atomic E-state index is 0.0264. The summed E-state index contributed by atoms with van der Waals surface area (Å²) in [5.74, 6) is 0.842. The number of carbonyl (C=O) groups is 1. The molecule has 0 N–H and O–H groups in total. The topological polar surface area (TPSA) is 59.2 Å². The summed E-state index contributed by atoms with van der Waals surface area (Å²) in [6, 6.07) is 13.6. The van der Waals surface area contributed by atoms with Crippen molar-refractivity contribution in [2.24, 2.45) is 0 Å². The molecule has 4 rings (SSSR count). The maximum Gasteiger partial charge on any atom is 0.259 e. The van der Waals surface area contributed by atoms with E-state index < -0.39 is 0 Å². The number of amides is 1. The predicted molar refractivity (Wildman–Crippen MR) is 89.4 cm³/mol. The number of pyridine rings is 1. The van der Waals surface area contributed by atoms with E-state index in [9.17, 15) is 4.79 Å². The first-order chi connectivity index (χ1) is 11.8. The van der Waals surface area contributed by atoms with Gasteiger partial charge in [-0.05, 0) is 18.1 Å². The first kappa shape index (κ1) is 14.6. The van der Waals surface area contributed by atoms with Crippen LogP contribution in [0.5, 0.6) is 0 Å². The monoisotopic (exact) mass is 319 g/mol. The van der Waals surface area contributed by atoms with Crippen LogP contribution >= 0.6 is 0 Å². The van der Waals surface area contributed by atoms with Crippen molar-refractivity contribution in [2.45, 2.75) is 12.3 Å². The third-order valence-electron chi connectivity index (χ3n) is 4.47. The number of nitrogens with zero attached hydrogens (tertiary/aromatic N) is 3. The van der Waals surface area contributed by atoms with E-state index in [4.69, 9.17) is 4.52 Å². The van der Waals surface area contributed by atoms with Gasteiger partial charge in [-0.15, -0.1) is 0 Å². The zero-order valence-corrected chi connectivity index (χ0v) is 13.1. The Morgan fingerprint density at radius 2 is 2.00 bits per heavy atom. The van der Waals surface area contributed by atoms with E-state index in [-0.39, 0.29) is 5.91 Å². The van der Waals surface area contributed by atoms with Crippen molar-refractivity contribution in [3.63, 3.8) is 0 Å². The number of benzene rings is 1. The van der Waals surface area contributed by atoms with Crippen LogP contribution < -0.4 is 0 Å². The van der Waals surface area contributed by atoms with Crippen molar-refractivity contribution in [3.8, 4) is 11.3 Å². The summed E-state index contributed by atoms with van der Waals surface area (Å²) < 4.78 is 5.34. The summed E-state index contributed by atoms with van der Waals surface area (Å²) in [7, 11) is 0. The van der Waals surface area contributed by atoms with Crippen molar-refractivity contribution >= 4 is 5.91 Å². The Morgan fingerprint density at radius 3 is 2.79 bits per heavy atom. The van der Waals surface area contributed by atoms with Gasteiger partial charge in [-0.25, -0.2) is 0 Å². The van der Waals surface area contributed by atoms with Crippen LogP contribution in [0.3, 0.4) is 0 Å². The molecule has 5 nitrogen and oxygen atoms in total. The molecule has 0 bridgehead atoms. The maximum atomic E-state index is 12.9. The fourth-order valence-electron chi connectivity index (χ4n) is 3.19. The summed E-state index contributed by atoms with van der Waals surface area (Å²) in [5.41, 5.74) is 2.57. The van der Waals surface area contributed by atoms with Gasteiger partial charge in [0, 0.05) is 37.0 Å². The third-order valence-corrected chi connectivity index (χ3v) is 4.47. The smallest absolute Gasteiger partial charge is 0.259 e. The van der Waals surface area contributed by atoms with Crippen LogP contribution in [0.1, 0.15) is 28.3 Å². The van der Waals surface area contributed by atoms with Crippen LogP contribution in [0.25, 0.3) is 11.3 Å². The van der Waals surface area contributed by atoms with Crippen LogP contribution in [0.15, 0.2) is 65.6 Å². The number of rotatable bonds is 3. The molecule has 1 saturated heterocycles. The molecule has 0 unspecified atom stereocenters. The number of likely N-dealkylation sites (tertiary alicyclic amines) is 1. The van der Waals surface area contributed by atoms with Crippen molar-refractivity contribution in [1.82, 2.24) is 15.0 Å². The lowest BCUT2D eigenvalue weighted by Gasteiger charge is -2.16. The van der Waals surface area contributed by atoms with Crippen LogP contribution in [0, 0.1) is 0 Å². The van der Waals surface area contributed by atoms with E-state index in [0.29, 0.717) is 23.8 Å². The van der Waals surface area contributed by atoms with E-state index in [0.717, 1.165) is 18.5 Å². The fraction of sp³-hybridized carbons (Fsp3) is 0.211. The molecule has 1 aromatic carbocycles. The minimum atomic E-state index is -0.0264. The first-order valence-electron chi connectivity index (χ1n) is 8.02. The second kappa shape index (κ2) is 6.28. The maximum absolute atomic E-state index is 12.9. The third kappa shape index (κ3) is 2.69.